The lowest BCUT2D eigenvalue weighted by Gasteiger charge is -2.05. The lowest BCUT2D eigenvalue weighted by molar-refractivity contribution is -0.118. The quantitative estimate of drug-likeness (QED) is 0.694. The maximum Gasteiger partial charge on any atom is 0.220 e. The fourth-order valence-corrected chi connectivity index (χ4v) is 1.05. The van der Waals surface area contributed by atoms with Crippen LogP contribution in [0.25, 0.3) is 0 Å². The number of rotatable bonds is 6. The van der Waals surface area contributed by atoms with Gasteiger partial charge in [0.25, 0.3) is 0 Å². The molecular formula is C10H15N3O2. The molecule has 1 aromatic heterocycles. The van der Waals surface area contributed by atoms with Crippen molar-refractivity contribution in [2.75, 3.05) is 13.7 Å². The number of hydrogen-bond donors (Lipinski definition) is 2. The maximum absolute atomic E-state index is 10.4. The summed E-state index contributed by atoms with van der Waals surface area (Å²) in [5, 5.41) is 3.00. The SMILES string of the molecule is CNCc1ccc(OCCC(N)=O)cn1. The number of carbonyl (C=O) groups excluding carboxylic acids is 1. The molecule has 0 atom stereocenters. The van der Waals surface area contributed by atoms with E-state index >= 15 is 0 Å². The van der Waals surface area contributed by atoms with Crippen LogP contribution in [0.5, 0.6) is 5.75 Å². The zero-order valence-electron chi connectivity index (χ0n) is 8.69. The largest absolute Gasteiger partial charge is 0.491 e. The summed E-state index contributed by atoms with van der Waals surface area (Å²) in [7, 11) is 1.86. The third-order valence-electron chi connectivity index (χ3n) is 1.77. The van der Waals surface area contributed by atoms with Gasteiger partial charge < -0.3 is 15.8 Å². The third kappa shape index (κ3) is 4.42. The van der Waals surface area contributed by atoms with Crippen LogP contribution in [-0.4, -0.2) is 24.5 Å². The summed E-state index contributed by atoms with van der Waals surface area (Å²) in [6.45, 7) is 1.02. The van der Waals surface area contributed by atoms with Gasteiger partial charge in [-0.3, -0.25) is 9.78 Å². The summed E-state index contributed by atoms with van der Waals surface area (Å²) in [5.74, 6) is 0.283. The Kier molecular flexibility index (Phi) is 4.56. The average Bonchev–Trinajstić information content (AvgIpc) is 2.20. The Morgan fingerprint density at radius 3 is 2.93 bits per heavy atom. The summed E-state index contributed by atoms with van der Waals surface area (Å²) < 4.78 is 5.27. The number of hydrogen-bond acceptors (Lipinski definition) is 4. The second-order valence-corrected chi connectivity index (χ2v) is 3.08. The Balaban J connectivity index is 2.39. The van der Waals surface area contributed by atoms with Gasteiger partial charge in [0.2, 0.25) is 5.91 Å². The molecule has 5 nitrogen and oxygen atoms in total. The Hall–Kier alpha value is -1.62. The van der Waals surface area contributed by atoms with E-state index in [1.807, 2.05) is 19.2 Å². The summed E-state index contributed by atoms with van der Waals surface area (Å²) in [4.78, 5) is 14.6. The third-order valence-corrected chi connectivity index (χ3v) is 1.77. The van der Waals surface area contributed by atoms with Crippen molar-refractivity contribution in [3.05, 3.63) is 24.0 Å². The van der Waals surface area contributed by atoms with Crippen LogP contribution in [0, 0.1) is 0 Å². The molecule has 0 aliphatic carbocycles. The molecule has 0 aliphatic rings. The Morgan fingerprint density at radius 2 is 2.40 bits per heavy atom. The fourth-order valence-electron chi connectivity index (χ4n) is 1.05. The molecule has 82 valence electrons. The molecule has 15 heavy (non-hydrogen) atoms. The van der Waals surface area contributed by atoms with Gasteiger partial charge in [0, 0.05) is 6.54 Å². The molecule has 3 N–H and O–H groups in total. The first-order chi connectivity index (χ1) is 7.22. The van der Waals surface area contributed by atoms with Crippen molar-refractivity contribution in [2.24, 2.45) is 5.73 Å². The first-order valence-corrected chi connectivity index (χ1v) is 4.73. The van der Waals surface area contributed by atoms with Crippen LogP contribution < -0.4 is 15.8 Å². The van der Waals surface area contributed by atoms with Gasteiger partial charge in [0.15, 0.2) is 0 Å². The van der Waals surface area contributed by atoms with Gasteiger partial charge in [0.1, 0.15) is 5.75 Å². The molecule has 5 heteroatoms. The van der Waals surface area contributed by atoms with Crippen molar-refractivity contribution in [2.45, 2.75) is 13.0 Å². The predicted molar refractivity (Wildman–Crippen MR) is 56.3 cm³/mol. The molecule has 0 radical (unpaired) electrons. The highest BCUT2D eigenvalue weighted by Crippen LogP contribution is 2.09. The number of nitrogens with one attached hydrogen (secondary N) is 1. The van der Waals surface area contributed by atoms with Crippen LogP contribution in [0.1, 0.15) is 12.1 Å². The molecule has 0 unspecified atom stereocenters. The highest BCUT2D eigenvalue weighted by atomic mass is 16.5. The van der Waals surface area contributed by atoms with E-state index in [0.717, 1.165) is 12.2 Å². The van der Waals surface area contributed by atoms with Crippen molar-refractivity contribution >= 4 is 5.91 Å². The van der Waals surface area contributed by atoms with Crippen LogP contribution in [0.4, 0.5) is 0 Å². The Bertz CT molecular complexity index is 311. The van der Waals surface area contributed by atoms with E-state index in [1.165, 1.54) is 0 Å². The van der Waals surface area contributed by atoms with E-state index in [4.69, 9.17) is 10.5 Å². The highest BCUT2D eigenvalue weighted by molar-refractivity contribution is 5.73. The minimum atomic E-state index is -0.366. The van der Waals surface area contributed by atoms with Gasteiger partial charge in [-0.2, -0.15) is 0 Å². The number of nitrogens with two attached hydrogens (primary N) is 1. The fraction of sp³-hybridized carbons (Fsp3) is 0.400. The molecule has 1 amide bonds. The van der Waals surface area contributed by atoms with Gasteiger partial charge in [0.05, 0.1) is 24.9 Å². The van der Waals surface area contributed by atoms with Crippen molar-refractivity contribution < 1.29 is 9.53 Å². The summed E-state index contributed by atoms with van der Waals surface area (Å²) >= 11 is 0. The smallest absolute Gasteiger partial charge is 0.220 e. The van der Waals surface area contributed by atoms with Gasteiger partial charge in [-0.1, -0.05) is 0 Å². The molecule has 1 heterocycles. The normalized spacial score (nSPS) is 9.93. The number of aromatic nitrogens is 1. The van der Waals surface area contributed by atoms with E-state index in [0.29, 0.717) is 12.4 Å². The molecule has 0 saturated heterocycles. The summed E-state index contributed by atoms with van der Waals surface area (Å²) in [5.41, 5.74) is 5.92. The molecule has 1 rings (SSSR count). The summed E-state index contributed by atoms with van der Waals surface area (Å²) in [6, 6.07) is 3.69. The Morgan fingerprint density at radius 1 is 1.60 bits per heavy atom. The number of primary amides is 1. The molecule has 0 aromatic carbocycles. The summed E-state index contributed by atoms with van der Waals surface area (Å²) in [6.07, 6.45) is 1.85. The molecule has 1 aromatic rings. The van der Waals surface area contributed by atoms with E-state index in [-0.39, 0.29) is 12.3 Å². The van der Waals surface area contributed by atoms with Gasteiger partial charge in [-0.05, 0) is 19.2 Å². The number of nitrogens with zero attached hydrogens (tertiary/aromatic N) is 1. The van der Waals surface area contributed by atoms with E-state index in [2.05, 4.69) is 10.3 Å². The van der Waals surface area contributed by atoms with E-state index in [1.54, 1.807) is 6.20 Å². The van der Waals surface area contributed by atoms with Crippen molar-refractivity contribution in [3.63, 3.8) is 0 Å². The van der Waals surface area contributed by atoms with Crippen LogP contribution >= 0.6 is 0 Å². The number of amides is 1. The van der Waals surface area contributed by atoms with E-state index < -0.39 is 0 Å². The molecule has 0 bridgehead atoms. The molecule has 0 saturated carbocycles. The number of carbonyl (C=O) groups is 1. The van der Waals surface area contributed by atoms with E-state index in [9.17, 15) is 4.79 Å². The topological polar surface area (TPSA) is 77.2 Å². The second kappa shape index (κ2) is 5.98. The minimum Gasteiger partial charge on any atom is -0.491 e. The second-order valence-electron chi connectivity index (χ2n) is 3.08. The average molecular weight is 209 g/mol. The number of pyridine rings is 1. The van der Waals surface area contributed by atoms with Crippen molar-refractivity contribution in [1.82, 2.24) is 10.3 Å². The molecular weight excluding hydrogens is 194 g/mol. The molecule has 0 spiro atoms. The van der Waals surface area contributed by atoms with Crippen LogP contribution in [-0.2, 0) is 11.3 Å². The molecule has 0 aliphatic heterocycles. The van der Waals surface area contributed by atoms with Crippen LogP contribution in [0.15, 0.2) is 18.3 Å². The maximum atomic E-state index is 10.4. The van der Waals surface area contributed by atoms with Gasteiger partial charge >= 0.3 is 0 Å². The minimum absolute atomic E-state index is 0.221. The van der Waals surface area contributed by atoms with Crippen molar-refractivity contribution in [3.8, 4) is 5.75 Å². The van der Waals surface area contributed by atoms with Crippen LogP contribution in [0.2, 0.25) is 0 Å². The first kappa shape index (κ1) is 11.5. The van der Waals surface area contributed by atoms with Crippen LogP contribution in [0.3, 0.4) is 0 Å². The monoisotopic (exact) mass is 209 g/mol. The van der Waals surface area contributed by atoms with Crippen molar-refractivity contribution in [1.29, 1.82) is 0 Å². The first-order valence-electron chi connectivity index (χ1n) is 4.73. The van der Waals surface area contributed by atoms with Gasteiger partial charge in [-0.15, -0.1) is 0 Å². The highest BCUT2D eigenvalue weighted by Gasteiger charge is 1.98. The Labute approximate surface area is 88.6 Å². The standard InChI is InChI=1S/C10H15N3O2/c1-12-6-8-2-3-9(7-13-8)15-5-4-10(11)14/h2-3,7,12H,4-6H2,1H3,(H2,11,14). The zero-order chi connectivity index (χ0) is 11.1. The number of ether oxygens (including phenoxy) is 1. The predicted octanol–water partition coefficient (Wildman–Crippen LogP) is 0.0552. The van der Waals surface area contributed by atoms with Gasteiger partial charge in [-0.25, -0.2) is 0 Å². The zero-order valence-corrected chi connectivity index (χ0v) is 8.69. The lowest BCUT2D eigenvalue weighted by atomic mass is 10.3. The lowest BCUT2D eigenvalue weighted by Crippen LogP contribution is -2.14. The molecule has 0 fully saturated rings.